The van der Waals surface area contributed by atoms with Gasteiger partial charge in [-0.05, 0) is 19.3 Å². The molecule has 0 spiro atoms. The monoisotopic (exact) mass is 226 g/mol. The summed E-state index contributed by atoms with van der Waals surface area (Å²) in [7, 11) is 0. The van der Waals surface area contributed by atoms with Crippen molar-refractivity contribution in [3.63, 3.8) is 0 Å². The first-order valence-electron chi connectivity index (χ1n) is 4.79. The molecule has 0 atom stereocenters. The molecule has 0 unspecified atom stereocenters. The van der Waals surface area contributed by atoms with Gasteiger partial charge in [0, 0.05) is 11.1 Å². The van der Waals surface area contributed by atoms with E-state index in [-0.39, 0.29) is 11.1 Å². The number of aliphatic carboxylic acids is 2. The second-order valence-electron chi connectivity index (χ2n) is 3.00. The van der Waals surface area contributed by atoms with Crippen LogP contribution in [0.3, 0.4) is 0 Å². The van der Waals surface area contributed by atoms with Crippen molar-refractivity contribution < 1.29 is 19.8 Å². The highest BCUT2D eigenvalue weighted by atomic mass is 16.4. The minimum atomic E-state index is -0.920. The molecule has 0 aliphatic rings. The number of allylic oxidation sites excluding steroid dienone is 1. The van der Waals surface area contributed by atoms with Gasteiger partial charge in [-0.1, -0.05) is 26.2 Å². The molecule has 90 valence electrons. The van der Waals surface area contributed by atoms with Crippen molar-refractivity contribution in [1.29, 1.82) is 0 Å². The van der Waals surface area contributed by atoms with Crippen LogP contribution in [0.15, 0.2) is 37.0 Å². The Bertz CT molecular complexity index is 289. The summed E-state index contributed by atoms with van der Waals surface area (Å²) in [5.41, 5.74) is 0.509. The van der Waals surface area contributed by atoms with Crippen LogP contribution in [0.1, 0.15) is 26.2 Å². The van der Waals surface area contributed by atoms with Crippen molar-refractivity contribution in [2.24, 2.45) is 0 Å². The van der Waals surface area contributed by atoms with E-state index in [2.05, 4.69) is 19.7 Å². The molecular formula is C12H18O4. The van der Waals surface area contributed by atoms with Gasteiger partial charge in [0.2, 0.25) is 0 Å². The minimum absolute atomic E-state index is 0.245. The van der Waals surface area contributed by atoms with Gasteiger partial charge in [0.15, 0.2) is 0 Å². The lowest BCUT2D eigenvalue weighted by Crippen LogP contribution is -1.97. The molecule has 0 aromatic heterocycles. The maximum atomic E-state index is 10.1. The van der Waals surface area contributed by atoms with E-state index in [0.29, 0.717) is 19.3 Å². The van der Waals surface area contributed by atoms with Gasteiger partial charge >= 0.3 is 11.9 Å². The number of hydrogen-bond acceptors (Lipinski definition) is 2. The molecular weight excluding hydrogens is 208 g/mol. The first kappa shape index (κ1) is 16.6. The molecule has 2 N–H and O–H groups in total. The largest absolute Gasteiger partial charge is 0.478 e. The van der Waals surface area contributed by atoms with Gasteiger partial charge in [0.1, 0.15) is 0 Å². The van der Waals surface area contributed by atoms with Crippen LogP contribution in [0, 0.1) is 0 Å². The van der Waals surface area contributed by atoms with Crippen molar-refractivity contribution in [3.05, 3.63) is 37.0 Å². The molecule has 0 aromatic carbocycles. The van der Waals surface area contributed by atoms with Crippen molar-refractivity contribution in [2.75, 3.05) is 0 Å². The zero-order chi connectivity index (χ0) is 13.1. The third-order valence-electron chi connectivity index (χ3n) is 1.68. The van der Waals surface area contributed by atoms with E-state index in [1.165, 1.54) is 0 Å². The lowest BCUT2D eigenvalue weighted by atomic mass is 10.2. The van der Waals surface area contributed by atoms with E-state index in [9.17, 15) is 9.59 Å². The fourth-order valence-electron chi connectivity index (χ4n) is 0.534. The zero-order valence-corrected chi connectivity index (χ0v) is 9.53. The summed E-state index contributed by atoms with van der Waals surface area (Å²) in [6.07, 6.45) is 3.38. The van der Waals surface area contributed by atoms with E-state index >= 15 is 0 Å². The van der Waals surface area contributed by atoms with Gasteiger partial charge in [-0.25, -0.2) is 9.59 Å². The Balaban J connectivity index is 0. The van der Waals surface area contributed by atoms with Crippen LogP contribution in [0.25, 0.3) is 0 Å². The van der Waals surface area contributed by atoms with Gasteiger partial charge in [-0.3, -0.25) is 0 Å². The van der Waals surface area contributed by atoms with E-state index < -0.39 is 11.9 Å². The third-order valence-corrected chi connectivity index (χ3v) is 1.68. The molecule has 0 heterocycles. The first-order valence-corrected chi connectivity index (χ1v) is 4.79. The van der Waals surface area contributed by atoms with Crippen LogP contribution in [0.5, 0.6) is 0 Å². The summed E-state index contributed by atoms with van der Waals surface area (Å²) in [5, 5.41) is 16.4. The molecule has 4 nitrogen and oxygen atoms in total. The van der Waals surface area contributed by atoms with E-state index in [0.717, 1.165) is 0 Å². The summed E-state index contributed by atoms with van der Waals surface area (Å²) < 4.78 is 0. The second-order valence-corrected chi connectivity index (χ2v) is 3.00. The Labute approximate surface area is 95.6 Å². The molecule has 0 bridgehead atoms. The molecule has 0 amide bonds. The molecule has 0 aromatic rings. The van der Waals surface area contributed by atoms with Crippen molar-refractivity contribution in [2.45, 2.75) is 26.2 Å². The van der Waals surface area contributed by atoms with Crippen LogP contribution in [-0.4, -0.2) is 22.2 Å². The highest BCUT2D eigenvalue weighted by Crippen LogP contribution is 2.01. The van der Waals surface area contributed by atoms with Gasteiger partial charge in [-0.15, -0.1) is 6.58 Å². The highest BCUT2D eigenvalue weighted by Gasteiger charge is 2.00. The maximum Gasteiger partial charge on any atom is 0.330 e. The molecule has 0 fully saturated rings. The maximum absolute atomic E-state index is 10.1. The molecule has 16 heavy (non-hydrogen) atoms. The minimum Gasteiger partial charge on any atom is -0.478 e. The average Bonchev–Trinajstić information content (AvgIpc) is 2.25. The Hall–Kier alpha value is -1.84. The summed E-state index contributed by atoms with van der Waals surface area (Å²) in [6.45, 7) is 11.8. The van der Waals surface area contributed by atoms with Gasteiger partial charge < -0.3 is 10.2 Å². The van der Waals surface area contributed by atoms with Crippen molar-refractivity contribution in [1.82, 2.24) is 0 Å². The summed E-state index contributed by atoms with van der Waals surface area (Å²) >= 11 is 0. The molecule has 4 heteroatoms. The quantitative estimate of drug-likeness (QED) is 0.539. The number of rotatable bonds is 6. The van der Waals surface area contributed by atoms with Crippen LogP contribution >= 0.6 is 0 Å². The molecule has 0 radical (unpaired) electrons. The summed E-state index contributed by atoms with van der Waals surface area (Å²) in [6, 6.07) is 0. The fourth-order valence-corrected chi connectivity index (χ4v) is 0.534. The number of hydrogen-bond donors (Lipinski definition) is 2. The predicted molar refractivity (Wildman–Crippen MR) is 63.3 cm³/mol. The Kier molecular flexibility index (Phi) is 10.1. The average molecular weight is 226 g/mol. The Morgan fingerprint density at radius 1 is 1.12 bits per heavy atom. The lowest BCUT2D eigenvalue weighted by molar-refractivity contribution is -0.133. The van der Waals surface area contributed by atoms with Gasteiger partial charge in [-0.2, -0.15) is 0 Å². The molecule has 0 saturated heterocycles. The number of carboxylic acids is 2. The van der Waals surface area contributed by atoms with Crippen LogP contribution in [0.2, 0.25) is 0 Å². The lowest BCUT2D eigenvalue weighted by Gasteiger charge is -1.93. The predicted octanol–water partition coefficient (Wildman–Crippen LogP) is 2.63. The van der Waals surface area contributed by atoms with Crippen LogP contribution in [-0.2, 0) is 9.59 Å². The van der Waals surface area contributed by atoms with E-state index in [1.807, 2.05) is 0 Å². The Morgan fingerprint density at radius 2 is 1.56 bits per heavy atom. The standard InChI is InChI=1S/C7H10O2.C5H8O2/c1-3-4-5-6(2)7(8)9;1-3-4(2)5(6)7/h3H,1-2,4-5H2,(H,8,9);2-3H2,1H3,(H,6,7). The number of carboxylic acid groups (broad SMARTS) is 2. The smallest absolute Gasteiger partial charge is 0.330 e. The zero-order valence-electron chi connectivity index (χ0n) is 9.53. The van der Waals surface area contributed by atoms with Gasteiger partial charge in [0.25, 0.3) is 0 Å². The molecule has 0 saturated carbocycles. The van der Waals surface area contributed by atoms with Gasteiger partial charge in [0.05, 0.1) is 0 Å². The fraction of sp³-hybridized carbons (Fsp3) is 0.333. The Morgan fingerprint density at radius 3 is 1.75 bits per heavy atom. The van der Waals surface area contributed by atoms with E-state index in [1.54, 1.807) is 13.0 Å². The molecule has 0 aliphatic carbocycles. The van der Waals surface area contributed by atoms with Crippen molar-refractivity contribution >= 4 is 11.9 Å². The highest BCUT2D eigenvalue weighted by molar-refractivity contribution is 5.85. The van der Waals surface area contributed by atoms with E-state index in [4.69, 9.17) is 10.2 Å². The SMILES string of the molecule is C=C(CC)C(=O)O.C=CCCC(=C)C(=O)O. The second kappa shape index (κ2) is 9.71. The molecule has 0 rings (SSSR count). The topological polar surface area (TPSA) is 74.6 Å². The van der Waals surface area contributed by atoms with Crippen molar-refractivity contribution in [3.8, 4) is 0 Å². The summed E-state index contributed by atoms with van der Waals surface area (Å²) in [5.74, 6) is -1.82. The van der Waals surface area contributed by atoms with Crippen LogP contribution in [0.4, 0.5) is 0 Å². The number of carbonyl (C=O) groups is 2. The first-order chi connectivity index (χ1) is 7.36. The summed E-state index contributed by atoms with van der Waals surface area (Å²) in [4.78, 5) is 19.9. The third kappa shape index (κ3) is 10.2. The normalized spacial score (nSPS) is 8.31. The van der Waals surface area contributed by atoms with Crippen LogP contribution < -0.4 is 0 Å². The molecule has 0 aliphatic heterocycles.